The molecule has 0 radical (unpaired) electrons. The molecule has 0 amide bonds. The van der Waals surface area contributed by atoms with E-state index in [2.05, 4.69) is 12.1 Å². The van der Waals surface area contributed by atoms with Crippen molar-refractivity contribution >= 4 is 7.82 Å². The lowest BCUT2D eigenvalue weighted by Crippen LogP contribution is -2.00. The Morgan fingerprint density at radius 1 is 1.00 bits per heavy atom. The average molecular weight is 298 g/mol. The van der Waals surface area contributed by atoms with E-state index in [0.717, 1.165) is 12.8 Å². The standard InChI is InChI=1S/C15H23O4P/c1-3-17-20(16,18-4-2)19-14-10-6-9-13-15-11-7-5-8-12-15/h5-8,10-12H,3-4,9,13-14H2,1-2H3/b10-6+. The lowest BCUT2D eigenvalue weighted by molar-refractivity contribution is 0.131. The van der Waals surface area contributed by atoms with Crippen LogP contribution in [0.2, 0.25) is 0 Å². The summed E-state index contributed by atoms with van der Waals surface area (Å²) in [5.74, 6) is 0. The molecule has 0 heterocycles. The molecule has 1 aromatic carbocycles. The van der Waals surface area contributed by atoms with Gasteiger partial charge in [-0.1, -0.05) is 42.5 Å². The van der Waals surface area contributed by atoms with Crippen LogP contribution in [-0.4, -0.2) is 19.8 Å². The Morgan fingerprint density at radius 3 is 2.25 bits per heavy atom. The van der Waals surface area contributed by atoms with Crippen molar-refractivity contribution in [1.29, 1.82) is 0 Å². The summed E-state index contributed by atoms with van der Waals surface area (Å²) in [4.78, 5) is 0. The summed E-state index contributed by atoms with van der Waals surface area (Å²) >= 11 is 0. The summed E-state index contributed by atoms with van der Waals surface area (Å²) in [6.07, 6.45) is 5.75. The summed E-state index contributed by atoms with van der Waals surface area (Å²) in [5.41, 5.74) is 1.30. The Morgan fingerprint density at radius 2 is 1.65 bits per heavy atom. The lowest BCUT2D eigenvalue weighted by Gasteiger charge is -2.14. The number of phosphoric ester groups is 1. The van der Waals surface area contributed by atoms with Crippen LogP contribution in [0.15, 0.2) is 42.5 Å². The summed E-state index contributed by atoms with van der Waals surface area (Å²) in [6.45, 7) is 4.34. The monoisotopic (exact) mass is 298 g/mol. The van der Waals surface area contributed by atoms with Crippen molar-refractivity contribution in [3.8, 4) is 0 Å². The normalized spacial score (nSPS) is 12.1. The van der Waals surface area contributed by atoms with Crippen molar-refractivity contribution in [2.75, 3.05) is 19.8 Å². The van der Waals surface area contributed by atoms with Crippen LogP contribution < -0.4 is 0 Å². The van der Waals surface area contributed by atoms with Crippen molar-refractivity contribution < 1.29 is 18.1 Å². The van der Waals surface area contributed by atoms with Gasteiger partial charge in [0.2, 0.25) is 0 Å². The third-order valence-corrected chi connectivity index (χ3v) is 4.13. The molecule has 0 aliphatic carbocycles. The molecule has 0 saturated carbocycles. The largest absolute Gasteiger partial charge is 0.475 e. The second-order valence-corrected chi connectivity index (χ2v) is 5.74. The fraction of sp³-hybridized carbons (Fsp3) is 0.467. The van der Waals surface area contributed by atoms with Gasteiger partial charge in [0.1, 0.15) is 0 Å². The maximum absolute atomic E-state index is 12.0. The zero-order valence-electron chi connectivity index (χ0n) is 12.2. The van der Waals surface area contributed by atoms with E-state index in [4.69, 9.17) is 13.6 Å². The van der Waals surface area contributed by atoms with E-state index in [0.29, 0.717) is 13.2 Å². The molecule has 0 aromatic heterocycles. The number of hydrogen-bond donors (Lipinski definition) is 0. The van der Waals surface area contributed by atoms with Gasteiger partial charge < -0.3 is 0 Å². The highest BCUT2D eigenvalue weighted by molar-refractivity contribution is 7.48. The molecule has 0 saturated heterocycles. The highest BCUT2D eigenvalue weighted by Gasteiger charge is 2.24. The fourth-order valence-electron chi connectivity index (χ4n) is 1.64. The van der Waals surface area contributed by atoms with Gasteiger partial charge >= 0.3 is 7.82 Å². The number of allylic oxidation sites excluding steroid dienone is 1. The van der Waals surface area contributed by atoms with Gasteiger partial charge in [-0.25, -0.2) is 4.57 Å². The number of rotatable bonds is 10. The predicted molar refractivity (Wildman–Crippen MR) is 80.7 cm³/mol. The van der Waals surface area contributed by atoms with Crippen LogP contribution in [0.1, 0.15) is 25.8 Å². The quantitative estimate of drug-likeness (QED) is 0.475. The molecule has 0 bridgehead atoms. The van der Waals surface area contributed by atoms with E-state index in [1.807, 2.05) is 30.4 Å². The lowest BCUT2D eigenvalue weighted by atomic mass is 10.1. The summed E-state index contributed by atoms with van der Waals surface area (Å²) < 4.78 is 27.2. The van der Waals surface area contributed by atoms with Crippen LogP contribution in [0.25, 0.3) is 0 Å². The van der Waals surface area contributed by atoms with Gasteiger partial charge in [-0.05, 0) is 32.3 Å². The Balaban J connectivity index is 2.25. The Kier molecular flexibility index (Phi) is 8.47. The van der Waals surface area contributed by atoms with Crippen LogP contribution >= 0.6 is 7.82 Å². The van der Waals surface area contributed by atoms with Gasteiger partial charge in [-0.15, -0.1) is 0 Å². The van der Waals surface area contributed by atoms with Crippen molar-refractivity contribution in [2.24, 2.45) is 0 Å². The molecule has 0 unspecified atom stereocenters. The van der Waals surface area contributed by atoms with Crippen LogP contribution in [0.3, 0.4) is 0 Å². The van der Waals surface area contributed by atoms with Crippen molar-refractivity contribution in [1.82, 2.24) is 0 Å². The molecule has 0 N–H and O–H groups in total. The zero-order chi connectivity index (χ0) is 14.7. The van der Waals surface area contributed by atoms with Crippen LogP contribution in [0.4, 0.5) is 0 Å². The minimum Gasteiger partial charge on any atom is -0.287 e. The molecule has 112 valence electrons. The van der Waals surface area contributed by atoms with E-state index in [9.17, 15) is 4.57 Å². The Bertz CT molecular complexity index is 421. The first-order valence-corrected chi connectivity index (χ1v) is 8.39. The van der Waals surface area contributed by atoms with Crippen LogP contribution in [0.5, 0.6) is 0 Å². The predicted octanol–water partition coefficient (Wildman–Crippen LogP) is 4.37. The second kappa shape index (κ2) is 9.89. The third-order valence-electron chi connectivity index (χ3n) is 2.51. The first-order chi connectivity index (χ1) is 9.70. The number of phosphoric acid groups is 1. The molecular weight excluding hydrogens is 275 g/mol. The minimum atomic E-state index is -3.38. The van der Waals surface area contributed by atoms with Gasteiger partial charge in [0.25, 0.3) is 0 Å². The van der Waals surface area contributed by atoms with Crippen molar-refractivity contribution in [3.05, 3.63) is 48.0 Å². The van der Waals surface area contributed by atoms with Crippen LogP contribution in [0, 0.1) is 0 Å². The molecule has 0 fully saturated rings. The van der Waals surface area contributed by atoms with Gasteiger partial charge in [0, 0.05) is 0 Å². The Hall–Kier alpha value is -0.930. The van der Waals surface area contributed by atoms with E-state index in [1.165, 1.54) is 5.56 Å². The molecule has 0 aliphatic rings. The average Bonchev–Trinajstić information content (AvgIpc) is 2.44. The first-order valence-electron chi connectivity index (χ1n) is 6.92. The highest BCUT2D eigenvalue weighted by atomic mass is 31.2. The van der Waals surface area contributed by atoms with E-state index in [-0.39, 0.29) is 6.61 Å². The second-order valence-electron chi connectivity index (χ2n) is 4.07. The van der Waals surface area contributed by atoms with Gasteiger partial charge in [0.15, 0.2) is 0 Å². The van der Waals surface area contributed by atoms with E-state index in [1.54, 1.807) is 13.8 Å². The van der Waals surface area contributed by atoms with Crippen LogP contribution in [-0.2, 0) is 24.6 Å². The molecule has 4 nitrogen and oxygen atoms in total. The van der Waals surface area contributed by atoms with E-state index < -0.39 is 7.82 Å². The molecule has 1 aromatic rings. The highest BCUT2D eigenvalue weighted by Crippen LogP contribution is 2.49. The first kappa shape index (κ1) is 17.1. The fourth-order valence-corrected chi connectivity index (χ4v) is 2.77. The summed E-state index contributed by atoms with van der Waals surface area (Å²) in [5, 5.41) is 0. The van der Waals surface area contributed by atoms with E-state index >= 15 is 0 Å². The molecule has 1 rings (SSSR count). The smallest absolute Gasteiger partial charge is 0.287 e. The molecular formula is C15H23O4P. The third kappa shape index (κ3) is 7.01. The molecule has 0 atom stereocenters. The van der Waals surface area contributed by atoms with Gasteiger partial charge in [-0.2, -0.15) is 0 Å². The topological polar surface area (TPSA) is 44.8 Å². The Labute approximate surface area is 121 Å². The SMILES string of the molecule is CCOP(=O)(OCC)OC/C=C/CCc1ccccc1. The van der Waals surface area contributed by atoms with Gasteiger partial charge in [-0.3, -0.25) is 13.6 Å². The van der Waals surface area contributed by atoms with Crippen molar-refractivity contribution in [3.63, 3.8) is 0 Å². The molecule has 20 heavy (non-hydrogen) atoms. The molecule has 0 aliphatic heterocycles. The number of benzene rings is 1. The summed E-state index contributed by atoms with van der Waals surface area (Å²) in [6, 6.07) is 10.3. The summed E-state index contributed by atoms with van der Waals surface area (Å²) in [7, 11) is -3.38. The number of hydrogen-bond acceptors (Lipinski definition) is 4. The van der Waals surface area contributed by atoms with Gasteiger partial charge in [0.05, 0.1) is 19.8 Å². The minimum absolute atomic E-state index is 0.228. The number of aryl methyl sites for hydroxylation is 1. The van der Waals surface area contributed by atoms with Crippen molar-refractivity contribution in [2.45, 2.75) is 26.7 Å². The maximum Gasteiger partial charge on any atom is 0.475 e. The molecule has 0 spiro atoms. The molecule has 5 heteroatoms. The zero-order valence-corrected chi connectivity index (χ0v) is 13.1. The maximum atomic E-state index is 12.0.